The zero-order chi connectivity index (χ0) is 20.2. The first-order chi connectivity index (χ1) is 12.8. The average molecular weight is 375 g/mol. The summed E-state index contributed by atoms with van der Waals surface area (Å²) in [4.78, 5) is 31.7. The minimum Gasteiger partial charge on any atom is -0.482 e. The number of carboxylic acids is 2. The lowest BCUT2D eigenvalue weighted by Crippen LogP contribution is -2.09. The van der Waals surface area contributed by atoms with Gasteiger partial charge in [-0.1, -0.05) is 24.3 Å². The van der Waals surface area contributed by atoms with E-state index in [1.165, 1.54) is 4.90 Å². The molecular formula is C19H21NO7. The van der Waals surface area contributed by atoms with Crippen molar-refractivity contribution in [1.82, 2.24) is 4.90 Å². The average Bonchev–Trinajstić information content (AvgIpc) is 2.66. The van der Waals surface area contributed by atoms with Crippen LogP contribution >= 0.6 is 0 Å². The lowest BCUT2D eigenvalue weighted by Gasteiger charge is -2.07. The summed E-state index contributed by atoms with van der Waals surface area (Å²) in [5, 5.41) is 17.1. The maximum absolute atomic E-state index is 10.4. The molecule has 0 unspecified atom stereocenters. The molecule has 0 aliphatic carbocycles. The molecule has 2 aromatic carbocycles. The van der Waals surface area contributed by atoms with Gasteiger partial charge in [0.1, 0.15) is 11.5 Å². The predicted octanol–water partition coefficient (Wildman–Crippen LogP) is 1.98. The summed E-state index contributed by atoms with van der Waals surface area (Å²) >= 11 is 0. The second-order valence-electron chi connectivity index (χ2n) is 5.48. The molecule has 0 aromatic heterocycles. The van der Waals surface area contributed by atoms with Crippen molar-refractivity contribution < 1.29 is 34.1 Å². The molecule has 0 aliphatic rings. The molecule has 0 bridgehead atoms. The Labute approximate surface area is 156 Å². The Hall–Kier alpha value is -3.55. The van der Waals surface area contributed by atoms with E-state index < -0.39 is 11.9 Å². The Kier molecular flexibility index (Phi) is 8.87. The van der Waals surface area contributed by atoms with Gasteiger partial charge in [-0.15, -0.1) is 0 Å². The van der Waals surface area contributed by atoms with E-state index in [0.29, 0.717) is 11.5 Å². The maximum atomic E-state index is 10.4. The van der Waals surface area contributed by atoms with Gasteiger partial charge in [-0.2, -0.15) is 0 Å². The van der Waals surface area contributed by atoms with Crippen LogP contribution in [0.15, 0.2) is 48.5 Å². The summed E-state index contributed by atoms with van der Waals surface area (Å²) in [7, 11) is 3.38. The Morgan fingerprint density at radius 1 is 0.815 bits per heavy atom. The fraction of sp³-hybridized carbons (Fsp3) is 0.211. The minimum atomic E-state index is -1.03. The van der Waals surface area contributed by atoms with E-state index in [1.807, 2.05) is 24.3 Å². The Balaban J connectivity index is 0.000000646. The van der Waals surface area contributed by atoms with Gasteiger partial charge in [0.15, 0.2) is 13.2 Å². The third-order valence-electron chi connectivity index (χ3n) is 2.98. The number of hydrogen-bond acceptors (Lipinski definition) is 5. The lowest BCUT2D eigenvalue weighted by molar-refractivity contribution is -0.140. The van der Waals surface area contributed by atoms with E-state index in [-0.39, 0.29) is 13.2 Å². The van der Waals surface area contributed by atoms with Gasteiger partial charge in [0.05, 0.1) is 0 Å². The molecule has 0 fully saturated rings. The molecule has 0 atom stereocenters. The van der Waals surface area contributed by atoms with E-state index in [4.69, 9.17) is 19.7 Å². The molecule has 2 aromatic rings. The van der Waals surface area contributed by atoms with Crippen molar-refractivity contribution in [2.75, 3.05) is 27.3 Å². The standard InChI is InChI=1S/C16H14O6.C3H7NO/c17-15(18)9-21-13-5-1-11(2-6-13)12-3-7-14(8-4-12)22-10-16(19)20;1-4(2)3-5/h1-8H,9-10H2,(H,17,18)(H,19,20);3H,1-2H3. The molecule has 0 aliphatic heterocycles. The van der Waals surface area contributed by atoms with Crippen molar-refractivity contribution in [3.8, 4) is 22.6 Å². The number of carbonyl (C=O) groups is 3. The summed E-state index contributed by atoms with van der Waals surface area (Å²) in [6.07, 6.45) is 0.750. The van der Waals surface area contributed by atoms with E-state index in [2.05, 4.69) is 0 Å². The predicted molar refractivity (Wildman–Crippen MR) is 97.9 cm³/mol. The van der Waals surface area contributed by atoms with Crippen molar-refractivity contribution in [3.63, 3.8) is 0 Å². The molecule has 0 radical (unpaired) electrons. The number of hydrogen-bond donors (Lipinski definition) is 2. The van der Waals surface area contributed by atoms with Crippen molar-refractivity contribution in [2.45, 2.75) is 0 Å². The van der Waals surface area contributed by atoms with Crippen LogP contribution in [0.5, 0.6) is 11.5 Å². The number of carbonyl (C=O) groups excluding carboxylic acids is 1. The van der Waals surface area contributed by atoms with Gasteiger partial charge in [0, 0.05) is 14.1 Å². The molecule has 8 nitrogen and oxygen atoms in total. The van der Waals surface area contributed by atoms with Crippen molar-refractivity contribution in [2.24, 2.45) is 0 Å². The highest BCUT2D eigenvalue weighted by Crippen LogP contribution is 2.24. The van der Waals surface area contributed by atoms with E-state index >= 15 is 0 Å². The number of aliphatic carboxylic acids is 2. The monoisotopic (exact) mass is 375 g/mol. The minimum absolute atomic E-state index is 0.380. The van der Waals surface area contributed by atoms with Crippen LogP contribution < -0.4 is 9.47 Å². The molecule has 2 N–H and O–H groups in total. The normalized spacial score (nSPS) is 9.41. The van der Waals surface area contributed by atoms with Gasteiger partial charge >= 0.3 is 11.9 Å². The second-order valence-corrected chi connectivity index (χ2v) is 5.48. The Morgan fingerprint density at radius 3 is 1.33 bits per heavy atom. The van der Waals surface area contributed by atoms with Gasteiger partial charge in [-0.05, 0) is 35.4 Å². The van der Waals surface area contributed by atoms with Crippen molar-refractivity contribution in [1.29, 1.82) is 0 Å². The van der Waals surface area contributed by atoms with Gasteiger partial charge < -0.3 is 24.6 Å². The Morgan fingerprint density at radius 2 is 1.11 bits per heavy atom. The van der Waals surface area contributed by atoms with Gasteiger partial charge in [-0.25, -0.2) is 9.59 Å². The molecule has 2 rings (SSSR count). The SMILES string of the molecule is CN(C)C=O.O=C(O)COc1ccc(-c2ccc(OCC(=O)O)cc2)cc1. The van der Waals surface area contributed by atoms with Crippen LogP contribution in [0.2, 0.25) is 0 Å². The van der Waals surface area contributed by atoms with Crippen LogP contribution in [0.25, 0.3) is 11.1 Å². The Bertz CT molecular complexity index is 680. The number of benzene rings is 2. The summed E-state index contributed by atoms with van der Waals surface area (Å²) in [6, 6.07) is 14.0. The highest BCUT2D eigenvalue weighted by Gasteiger charge is 2.03. The van der Waals surface area contributed by atoms with Crippen LogP contribution in [-0.2, 0) is 14.4 Å². The first-order valence-corrected chi connectivity index (χ1v) is 7.83. The lowest BCUT2D eigenvalue weighted by atomic mass is 10.1. The number of nitrogens with zero attached hydrogens (tertiary/aromatic N) is 1. The molecular weight excluding hydrogens is 354 g/mol. The fourth-order valence-electron chi connectivity index (χ4n) is 1.78. The zero-order valence-corrected chi connectivity index (χ0v) is 15.0. The summed E-state index contributed by atoms with van der Waals surface area (Å²) in [6.45, 7) is -0.760. The fourth-order valence-corrected chi connectivity index (χ4v) is 1.78. The molecule has 0 heterocycles. The van der Waals surface area contributed by atoms with Crippen molar-refractivity contribution in [3.05, 3.63) is 48.5 Å². The first kappa shape index (κ1) is 21.5. The van der Waals surface area contributed by atoms with Crippen LogP contribution in [0.1, 0.15) is 0 Å². The van der Waals surface area contributed by atoms with Gasteiger partial charge in [-0.3, -0.25) is 4.79 Å². The van der Waals surface area contributed by atoms with Crippen LogP contribution in [-0.4, -0.2) is 60.8 Å². The molecule has 0 spiro atoms. The first-order valence-electron chi connectivity index (χ1n) is 7.83. The van der Waals surface area contributed by atoms with Gasteiger partial charge in [0.2, 0.25) is 6.41 Å². The van der Waals surface area contributed by atoms with Crippen LogP contribution in [0.3, 0.4) is 0 Å². The number of ether oxygens (including phenoxy) is 2. The third-order valence-corrected chi connectivity index (χ3v) is 2.98. The summed E-state index contributed by atoms with van der Waals surface area (Å²) < 4.78 is 10.1. The number of rotatable bonds is 8. The molecule has 27 heavy (non-hydrogen) atoms. The summed E-state index contributed by atoms with van der Waals surface area (Å²) in [5.74, 6) is -1.10. The number of carboxylic acid groups (broad SMARTS) is 2. The second kappa shape index (κ2) is 11.1. The maximum Gasteiger partial charge on any atom is 0.341 e. The van der Waals surface area contributed by atoms with Crippen molar-refractivity contribution >= 4 is 18.3 Å². The zero-order valence-electron chi connectivity index (χ0n) is 15.0. The highest BCUT2D eigenvalue weighted by atomic mass is 16.5. The molecule has 0 saturated heterocycles. The summed E-state index contributed by atoms with van der Waals surface area (Å²) in [5.41, 5.74) is 1.85. The third kappa shape index (κ3) is 8.92. The topological polar surface area (TPSA) is 113 Å². The van der Waals surface area contributed by atoms with E-state index in [1.54, 1.807) is 38.4 Å². The highest BCUT2D eigenvalue weighted by molar-refractivity contribution is 5.69. The van der Waals surface area contributed by atoms with E-state index in [0.717, 1.165) is 17.5 Å². The van der Waals surface area contributed by atoms with Crippen LogP contribution in [0.4, 0.5) is 0 Å². The number of amides is 1. The molecule has 1 amide bonds. The van der Waals surface area contributed by atoms with Gasteiger partial charge in [0.25, 0.3) is 0 Å². The molecule has 144 valence electrons. The molecule has 8 heteroatoms. The largest absolute Gasteiger partial charge is 0.482 e. The van der Waals surface area contributed by atoms with E-state index in [9.17, 15) is 14.4 Å². The van der Waals surface area contributed by atoms with Crippen LogP contribution in [0, 0.1) is 0 Å². The quantitative estimate of drug-likeness (QED) is 0.678. The molecule has 0 saturated carbocycles. The smallest absolute Gasteiger partial charge is 0.341 e.